The molecule has 1 N–H and O–H groups in total. The van der Waals surface area contributed by atoms with E-state index in [0.29, 0.717) is 23.7 Å². The molecule has 1 aliphatic heterocycles. The number of anilines is 1. The molecule has 1 fully saturated rings. The molecule has 132 valence electrons. The summed E-state index contributed by atoms with van der Waals surface area (Å²) >= 11 is 5.96. The van der Waals surface area contributed by atoms with Gasteiger partial charge in [-0.05, 0) is 43.7 Å². The number of nitrogens with one attached hydrogen (secondary N) is 1. The summed E-state index contributed by atoms with van der Waals surface area (Å²) in [5.41, 5.74) is 1.70. The molecular weight excluding hydrogens is 338 g/mol. The molecule has 2 aromatic rings. The number of aromatic nitrogens is 1. The van der Waals surface area contributed by atoms with Crippen LogP contribution in [0.1, 0.15) is 35.9 Å². The Morgan fingerprint density at radius 3 is 2.80 bits per heavy atom. The number of morpholine rings is 1. The number of hydrogen-bond donors (Lipinski definition) is 1. The van der Waals surface area contributed by atoms with Gasteiger partial charge in [0.15, 0.2) is 0 Å². The molecule has 1 aromatic heterocycles. The Labute approximate surface area is 153 Å². The molecular formula is C19H22ClN3O2. The monoisotopic (exact) mass is 359 g/mol. The molecule has 6 heteroatoms. The first-order valence-electron chi connectivity index (χ1n) is 8.42. The van der Waals surface area contributed by atoms with E-state index in [1.54, 1.807) is 12.3 Å². The second-order valence-electron chi connectivity index (χ2n) is 6.39. The third-order valence-corrected chi connectivity index (χ3v) is 4.31. The van der Waals surface area contributed by atoms with Crippen molar-refractivity contribution in [3.63, 3.8) is 0 Å². The lowest BCUT2D eigenvalue weighted by atomic mass is 10.1. The first-order chi connectivity index (χ1) is 12.0. The Balaban J connectivity index is 1.75. The highest BCUT2D eigenvalue weighted by Gasteiger charge is 2.23. The third kappa shape index (κ3) is 4.50. The number of carbonyl (C=O) groups is 1. The average Bonchev–Trinajstić information content (AvgIpc) is 2.62. The number of halogens is 1. The van der Waals surface area contributed by atoms with Crippen LogP contribution in [0.3, 0.4) is 0 Å². The van der Waals surface area contributed by atoms with Crippen LogP contribution >= 0.6 is 11.6 Å². The van der Waals surface area contributed by atoms with E-state index in [1.807, 2.05) is 44.2 Å². The number of ether oxygens (including phenoxy) is 1. The summed E-state index contributed by atoms with van der Waals surface area (Å²) in [4.78, 5) is 18.8. The number of rotatable bonds is 4. The van der Waals surface area contributed by atoms with E-state index in [-0.39, 0.29) is 18.1 Å². The second-order valence-corrected chi connectivity index (χ2v) is 6.82. The lowest BCUT2D eigenvalue weighted by Gasteiger charge is -2.34. The van der Waals surface area contributed by atoms with Gasteiger partial charge < -0.3 is 15.0 Å². The largest absolute Gasteiger partial charge is 0.370 e. The first-order valence-corrected chi connectivity index (χ1v) is 8.79. The molecule has 1 amide bonds. The van der Waals surface area contributed by atoms with Gasteiger partial charge in [-0.15, -0.1) is 0 Å². The summed E-state index contributed by atoms with van der Waals surface area (Å²) in [7, 11) is 0. The van der Waals surface area contributed by atoms with Gasteiger partial charge in [-0.3, -0.25) is 4.79 Å². The highest BCUT2D eigenvalue weighted by atomic mass is 35.5. The molecule has 25 heavy (non-hydrogen) atoms. The maximum atomic E-state index is 12.2. The standard InChI is InChI=1S/C19H22ClN3O2/c1-13(2)22-19(24)15-7-8-21-18(11-15)23-9-10-25-17(12-23)14-3-5-16(20)6-4-14/h3-8,11,13,17H,9-10,12H2,1-2H3,(H,22,24)/t17-/m0/s1. The quantitative estimate of drug-likeness (QED) is 0.908. The zero-order valence-corrected chi connectivity index (χ0v) is 15.2. The number of amides is 1. The molecule has 0 saturated carbocycles. The van der Waals surface area contributed by atoms with E-state index in [9.17, 15) is 4.79 Å². The fourth-order valence-electron chi connectivity index (χ4n) is 2.81. The molecule has 0 unspecified atom stereocenters. The van der Waals surface area contributed by atoms with Crippen molar-refractivity contribution < 1.29 is 9.53 Å². The van der Waals surface area contributed by atoms with Crippen LogP contribution in [0.25, 0.3) is 0 Å². The highest BCUT2D eigenvalue weighted by Crippen LogP contribution is 2.26. The fraction of sp³-hybridized carbons (Fsp3) is 0.368. The van der Waals surface area contributed by atoms with E-state index in [0.717, 1.165) is 17.9 Å². The van der Waals surface area contributed by atoms with Gasteiger partial charge in [0.1, 0.15) is 11.9 Å². The van der Waals surface area contributed by atoms with E-state index in [4.69, 9.17) is 16.3 Å². The molecule has 5 nitrogen and oxygen atoms in total. The lowest BCUT2D eigenvalue weighted by molar-refractivity contribution is 0.0395. The van der Waals surface area contributed by atoms with Crippen LogP contribution in [-0.4, -0.2) is 36.6 Å². The van der Waals surface area contributed by atoms with Crippen molar-refractivity contribution in [2.24, 2.45) is 0 Å². The smallest absolute Gasteiger partial charge is 0.251 e. The van der Waals surface area contributed by atoms with Crippen molar-refractivity contribution in [1.82, 2.24) is 10.3 Å². The maximum absolute atomic E-state index is 12.2. The van der Waals surface area contributed by atoms with Crippen molar-refractivity contribution in [2.45, 2.75) is 26.0 Å². The van der Waals surface area contributed by atoms with Gasteiger partial charge in [0.2, 0.25) is 0 Å². The number of nitrogens with zero attached hydrogens (tertiary/aromatic N) is 2. The minimum absolute atomic E-state index is 0.0408. The van der Waals surface area contributed by atoms with Gasteiger partial charge in [0, 0.05) is 35.9 Å². The molecule has 3 rings (SSSR count). The Hall–Kier alpha value is -2.11. The Morgan fingerprint density at radius 2 is 2.08 bits per heavy atom. The zero-order valence-electron chi connectivity index (χ0n) is 14.4. The number of benzene rings is 1. The van der Waals surface area contributed by atoms with Crippen LogP contribution in [0, 0.1) is 0 Å². The number of pyridine rings is 1. The minimum Gasteiger partial charge on any atom is -0.370 e. The molecule has 1 aliphatic rings. The van der Waals surface area contributed by atoms with Crippen LogP contribution in [0.15, 0.2) is 42.6 Å². The average molecular weight is 360 g/mol. The molecule has 1 atom stereocenters. The summed E-state index contributed by atoms with van der Waals surface area (Å²) < 4.78 is 5.89. The van der Waals surface area contributed by atoms with Gasteiger partial charge in [-0.25, -0.2) is 4.98 Å². The topological polar surface area (TPSA) is 54.5 Å². The highest BCUT2D eigenvalue weighted by molar-refractivity contribution is 6.30. The summed E-state index contributed by atoms with van der Waals surface area (Å²) in [5.74, 6) is 0.708. The Bertz CT molecular complexity index is 734. The van der Waals surface area contributed by atoms with Gasteiger partial charge in [-0.1, -0.05) is 23.7 Å². The molecule has 0 bridgehead atoms. The van der Waals surface area contributed by atoms with Crippen LogP contribution in [0.4, 0.5) is 5.82 Å². The Kier molecular flexibility index (Phi) is 5.56. The summed E-state index contributed by atoms with van der Waals surface area (Å²) in [6.45, 7) is 5.92. The molecule has 0 aliphatic carbocycles. The normalized spacial score (nSPS) is 17.6. The van der Waals surface area contributed by atoms with E-state index < -0.39 is 0 Å². The minimum atomic E-state index is -0.0823. The molecule has 1 saturated heterocycles. The van der Waals surface area contributed by atoms with E-state index >= 15 is 0 Å². The third-order valence-electron chi connectivity index (χ3n) is 4.06. The predicted octanol–water partition coefficient (Wildman–Crippen LogP) is 3.45. The maximum Gasteiger partial charge on any atom is 0.251 e. The van der Waals surface area contributed by atoms with Gasteiger partial charge >= 0.3 is 0 Å². The van der Waals surface area contributed by atoms with Crippen molar-refractivity contribution in [3.05, 3.63) is 58.7 Å². The Morgan fingerprint density at radius 1 is 1.32 bits per heavy atom. The van der Waals surface area contributed by atoms with Crippen LogP contribution < -0.4 is 10.2 Å². The first kappa shape index (κ1) is 17.7. The van der Waals surface area contributed by atoms with Crippen molar-refractivity contribution >= 4 is 23.3 Å². The van der Waals surface area contributed by atoms with Crippen LogP contribution in [-0.2, 0) is 4.74 Å². The molecule has 2 heterocycles. The van der Waals surface area contributed by atoms with Gasteiger partial charge in [0.05, 0.1) is 6.61 Å². The summed E-state index contributed by atoms with van der Waals surface area (Å²) in [6.07, 6.45) is 1.64. The van der Waals surface area contributed by atoms with Crippen molar-refractivity contribution in [3.8, 4) is 0 Å². The van der Waals surface area contributed by atoms with Gasteiger partial charge in [0.25, 0.3) is 5.91 Å². The lowest BCUT2D eigenvalue weighted by Crippen LogP contribution is -2.39. The second kappa shape index (κ2) is 7.85. The van der Waals surface area contributed by atoms with Crippen LogP contribution in [0.5, 0.6) is 0 Å². The van der Waals surface area contributed by atoms with Crippen molar-refractivity contribution in [1.29, 1.82) is 0 Å². The fourth-order valence-corrected chi connectivity index (χ4v) is 2.94. The summed E-state index contributed by atoms with van der Waals surface area (Å²) in [6, 6.07) is 11.4. The van der Waals surface area contributed by atoms with Crippen LogP contribution in [0.2, 0.25) is 5.02 Å². The van der Waals surface area contributed by atoms with Crippen molar-refractivity contribution in [2.75, 3.05) is 24.6 Å². The predicted molar refractivity (Wildman–Crippen MR) is 99.2 cm³/mol. The van der Waals surface area contributed by atoms with Gasteiger partial charge in [-0.2, -0.15) is 0 Å². The SMILES string of the molecule is CC(C)NC(=O)c1ccnc(N2CCO[C@H](c3ccc(Cl)cc3)C2)c1. The van der Waals surface area contributed by atoms with E-state index in [1.165, 1.54) is 0 Å². The number of hydrogen-bond acceptors (Lipinski definition) is 4. The molecule has 0 radical (unpaired) electrons. The van der Waals surface area contributed by atoms with E-state index in [2.05, 4.69) is 15.2 Å². The number of carbonyl (C=O) groups excluding carboxylic acids is 1. The molecule has 0 spiro atoms. The molecule has 1 aromatic carbocycles. The zero-order chi connectivity index (χ0) is 17.8. The summed E-state index contributed by atoms with van der Waals surface area (Å²) in [5, 5.41) is 3.62.